The van der Waals surface area contributed by atoms with E-state index in [9.17, 15) is 48.3 Å². The van der Waals surface area contributed by atoms with Crippen molar-refractivity contribution in [3.8, 4) is 5.75 Å². The van der Waals surface area contributed by atoms with Crippen molar-refractivity contribution in [2.24, 2.45) is 29.4 Å². The lowest BCUT2D eigenvalue weighted by atomic mass is 9.91. The Labute approximate surface area is 398 Å². The molecule has 21 nitrogen and oxygen atoms in total. The zero-order chi connectivity index (χ0) is 50.7. The summed E-state index contributed by atoms with van der Waals surface area (Å²) < 4.78 is 11.5. The maximum atomic E-state index is 14.9. The van der Waals surface area contributed by atoms with Gasteiger partial charge in [-0.15, -0.1) is 0 Å². The minimum atomic E-state index is -1.56. The van der Waals surface area contributed by atoms with E-state index < -0.39 is 126 Å². The summed E-state index contributed by atoms with van der Waals surface area (Å²) in [7, 11) is 2.93. The number of rotatable bonds is 14. The molecule has 378 valence electrons. The molecule has 3 saturated heterocycles. The molecule has 9 amide bonds. The average Bonchev–Trinajstić information content (AvgIpc) is 3.60. The lowest BCUT2D eigenvalue weighted by Crippen LogP contribution is -2.66. The number of carbonyl (C=O) groups is 9. The lowest BCUT2D eigenvalue weighted by Gasteiger charge is -2.44. The van der Waals surface area contributed by atoms with E-state index in [0.29, 0.717) is 17.7 Å². The fourth-order valence-electron chi connectivity index (χ4n) is 9.10. The molecule has 21 heteroatoms. The molecule has 3 heterocycles. The second-order valence-corrected chi connectivity index (χ2v) is 19.1. The first kappa shape index (κ1) is 54.6. The van der Waals surface area contributed by atoms with Crippen LogP contribution >= 0.6 is 0 Å². The number of likely N-dealkylation sites (tertiary alicyclic amines) is 1. The van der Waals surface area contributed by atoms with Gasteiger partial charge in [0.05, 0.1) is 7.11 Å². The first-order valence-electron chi connectivity index (χ1n) is 23.6. The number of hydrogen-bond donors (Lipinski definition) is 7. The smallest absolute Gasteiger partial charge is 0.329 e. The summed E-state index contributed by atoms with van der Waals surface area (Å²) in [6.07, 6.45) is -2.14. The molecule has 0 saturated carbocycles. The summed E-state index contributed by atoms with van der Waals surface area (Å²) in [5.41, 5.74) is 5.84. The number of piperidine rings is 1. The van der Waals surface area contributed by atoms with Crippen molar-refractivity contribution in [3.05, 3.63) is 29.8 Å². The second-order valence-electron chi connectivity index (χ2n) is 19.1. The van der Waals surface area contributed by atoms with Gasteiger partial charge in [-0.1, -0.05) is 67.0 Å². The predicted molar refractivity (Wildman–Crippen MR) is 248 cm³/mol. The third-order valence-electron chi connectivity index (χ3n) is 13.0. The zero-order valence-corrected chi connectivity index (χ0v) is 41.0. The van der Waals surface area contributed by atoms with E-state index in [2.05, 4.69) is 26.6 Å². The van der Waals surface area contributed by atoms with Gasteiger partial charge in [-0.05, 0) is 67.6 Å². The maximum absolute atomic E-state index is 14.9. The van der Waals surface area contributed by atoms with Crippen LogP contribution in [0.4, 0.5) is 4.79 Å². The number of aliphatic hydroxyl groups excluding tert-OH is 1. The fourth-order valence-corrected chi connectivity index (χ4v) is 9.10. The van der Waals surface area contributed by atoms with Crippen molar-refractivity contribution >= 4 is 53.4 Å². The van der Waals surface area contributed by atoms with Gasteiger partial charge in [0.25, 0.3) is 0 Å². The number of hydrogen-bond acceptors (Lipinski definition) is 12. The number of nitrogens with two attached hydrogens (primary N) is 1. The molecule has 3 fully saturated rings. The number of nitrogens with zero attached hydrogens (tertiary/aromatic N) is 3. The van der Waals surface area contributed by atoms with Crippen molar-refractivity contribution in [1.82, 2.24) is 41.3 Å². The highest BCUT2D eigenvalue weighted by atomic mass is 16.5. The quantitative estimate of drug-likeness (QED) is 0.0980. The van der Waals surface area contributed by atoms with Crippen LogP contribution in [-0.4, -0.2) is 155 Å². The highest BCUT2D eigenvalue weighted by Crippen LogP contribution is 2.31. The van der Waals surface area contributed by atoms with Crippen molar-refractivity contribution in [3.63, 3.8) is 0 Å². The van der Waals surface area contributed by atoms with Crippen LogP contribution in [-0.2, 0) is 49.5 Å². The largest absolute Gasteiger partial charge is 0.497 e. The number of likely N-dealkylation sites (N-methyl/N-ethyl adjacent to an activating group) is 1. The molecular weight excluding hydrogens is 883 g/mol. The van der Waals surface area contributed by atoms with E-state index in [0.717, 1.165) is 4.90 Å². The Morgan fingerprint density at radius 1 is 0.941 bits per heavy atom. The number of urea groups is 1. The predicted octanol–water partition coefficient (Wildman–Crippen LogP) is 0.302. The Morgan fingerprint density at radius 3 is 2.18 bits per heavy atom. The summed E-state index contributed by atoms with van der Waals surface area (Å²) in [6, 6.07) is -3.13. The minimum Gasteiger partial charge on any atom is -0.497 e. The van der Waals surface area contributed by atoms with E-state index in [1.54, 1.807) is 52.0 Å². The number of methoxy groups -OCH3 is 1. The SMILES string of the molecule is CC[C@H](C)[C@H]1C(=O)N(C)[C@@H](Cc2ccc(OC)cc2)C(=O)N[C@@H](C(C)C)C(=O)O[C@@H]2[C@H](C)CN(C(=O)[C@H](CCCNC(N)=O)NC(C)=O)[C@@H]2C(=O)N[C@@H](CC(C)C)C(=O)N[C@H]2CC[C@@H](O)N1C2=O. The number of ether oxygens (including phenoxy) is 2. The Hall–Kier alpha value is -5.99. The van der Waals surface area contributed by atoms with Crippen molar-refractivity contribution in [1.29, 1.82) is 0 Å². The highest BCUT2D eigenvalue weighted by molar-refractivity contribution is 5.98. The Morgan fingerprint density at radius 2 is 1.60 bits per heavy atom. The third-order valence-corrected chi connectivity index (χ3v) is 13.0. The summed E-state index contributed by atoms with van der Waals surface area (Å²) in [5.74, 6) is -7.44. The number of primary amides is 1. The van der Waals surface area contributed by atoms with Crippen LogP contribution < -0.4 is 37.1 Å². The van der Waals surface area contributed by atoms with E-state index in [1.165, 1.54) is 30.9 Å². The second kappa shape index (κ2) is 24.3. The molecule has 2 bridgehead atoms. The topological polar surface area (TPSA) is 288 Å². The zero-order valence-electron chi connectivity index (χ0n) is 41.0. The fraction of sp³-hybridized carbons (Fsp3) is 0.681. The van der Waals surface area contributed by atoms with Crippen molar-refractivity contribution in [2.75, 3.05) is 27.2 Å². The number of aliphatic hydroxyl groups is 1. The third kappa shape index (κ3) is 13.6. The first-order valence-corrected chi connectivity index (χ1v) is 23.6. The number of benzene rings is 1. The minimum absolute atomic E-state index is 0.000868. The molecule has 3 aliphatic rings. The summed E-state index contributed by atoms with van der Waals surface area (Å²) in [6.45, 7) is 13.4. The van der Waals surface area contributed by atoms with Crippen molar-refractivity contribution < 1.29 is 57.7 Å². The highest BCUT2D eigenvalue weighted by Gasteiger charge is 2.52. The van der Waals surface area contributed by atoms with Crippen LogP contribution in [0.1, 0.15) is 99.5 Å². The maximum Gasteiger partial charge on any atom is 0.329 e. The van der Waals surface area contributed by atoms with Gasteiger partial charge in [0.1, 0.15) is 60.4 Å². The molecule has 0 unspecified atom stereocenters. The average molecular weight is 956 g/mol. The molecule has 68 heavy (non-hydrogen) atoms. The van der Waals surface area contributed by atoms with Gasteiger partial charge in [-0.2, -0.15) is 0 Å². The number of nitrogens with one attached hydrogen (secondary N) is 5. The molecule has 0 spiro atoms. The van der Waals surface area contributed by atoms with Gasteiger partial charge in [0, 0.05) is 39.4 Å². The van der Waals surface area contributed by atoms with Crippen molar-refractivity contribution in [2.45, 2.75) is 155 Å². The molecule has 4 rings (SSSR count). The van der Waals surface area contributed by atoms with E-state index in [4.69, 9.17) is 15.2 Å². The summed E-state index contributed by atoms with van der Waals surface area (Å²) in [4.78, 5) is 130. The van der Waals surface area contributed by atoms with Gasteiger partial charge < -0.3 is 61.6 Å². The molecule has 8 N–H and O–H groups in total. The van der Waals surface area contributed by atoms with E-state index in [-0.39, 0.29) is 57.5 Å². The molecule has 0 aromatic heterocycles. The van der Waals surface area contributed by atoms with Crippen LogP contribution in [0.2, 0.25) is 0 Å². The number of carbonyl (C=O) groups excluding carboxylic acids is 9. The molecule has 11 atom stereocenters. The van der Waals surface area contributed by atoms with Gasteiger partial charge in [-0.25, -0.2) is 9.59 Å². The van der Waals surface area contributed by atoms with Gasteiger partial charge in [-0.3, -0.25) is 33.6 Å². The van der Waals surface area contributed by atoms with Crippen LogP contribution in [0.5, 0.6) is 5.75 Å². The Kier molecular flexibility index (Phi) is 19.5. The van der Waals surface area contributed by atoms with Crippen LogP contribution in [0, 0.1) is 23.7 Å². The van der Waals surface area contributed by atoms with Crippen LogP contribution in [0.15, 0.2) is 24.3 Å². The first-order chi connectivity index (χ1) is 32.0. The number of esters is 1. The summed E-state index contributed by atoms with van der Waals surface area (Å²) >= 11 is 0. The van der Waals surface area contributed by atoms with Crippen LogP contribution in [0.25, 0.3) is 0 Å². The Balaban J connectivity index is 1.89. The summed E-state index contributed by atoms with van der Waals surface area (Å²) in [5, 5.41) is 24.9. The number of fused-ring (bicyclic) bond motifs is 3. The molecule has 3 aliphatic heterocycles. The monoisotopic (exact) mass is 956 g/mol. The molecule has 0 aliphatic carbocycles. The molecular formula is C47H73N9O12. The van der Waals surface area contributed by atoms with Gasteiger partial charge in [0.2, 0.25) is 41.4 Å². The normalized spacial score (nSPS) is 27.4. The standard InChI is InChI=1S/C47H73N9O12/c1-11-26(6)37-45(64)54(9)34(22-29-14-16-30(67-10)17-15-29)41(60)53-36(25(4)5)46(65)68-39-27(7)23-55(43(62)31(50-28(8)57)13-12-20-49-47(48)66)38(39)42(61)52-33(21-24(2)3)40(59)51-32-18-19-35(58)56(37)44(32)63/h14-17,24-27,31-39,58H,11-13,18-23H2,1-10H3,(H,50,57)(H,51,59)(H,52,61)(H,53,60)(H3,48,49,66)/t26-,27+,31-,32-,33-,34-,35+,36-,37-,38-,39+/m0/s1. The van der Waals surface area contributed by atoms with Gasteiger partial charge >= 0.3 is 12.0 Å². The Bertz CT molecular complexity index is 2000. The lowest BCUT2D eigenvalue weighted by molar-refractivity contribution is -0.168. The van der Waals surface area contributed by atoms with Crippen LogP contribution in [0.3, 0.4) is 0 Å². The van der Waals surface area contributed by atoms with Gasteiger partial charge in [0.15, 0.2) is 0 Å². The molecule has 1 aromatic carbocycles. The molecule has 1 aromatic rings. The van der Waals surface area contributed by atoms with E-state index >= 15 is 0 Å². The number of amides is 9. The molecule has 0 radical (unpaired) electrons. The van der Waals surface area contributed by atoms with E-state index in [1.807, 2.05) is 20.8 Å².